The van der Waals surface area contributed by atoms with Crippen molar-refractivity contribution in [2.24, 2.45) is 5.16 Å². The fourth-order valence-electron chi connectivity index (χ4n) is 2.46. The lowest BCUT2D eigenvalue weighted by Crippen LogP contribution is -2.07. The Bertz CT molecular complexity index is 954. The molecule has 3 aromatic heterocycles. The maximum atomic E-state index is 10.8. The van der Waals surface area contributed by atoms with Gasteiger partial charge in [0.05, 0.1) is 12.6 Å². The second kappa shape index (κ2) is 6.93. The first kappa shape index (κ1) is 16.2. The van der Waals surface area contributed by atoms with E-state index in [1.54, 1.807) is 17.5 Å². The summed E-state index contributed by atoms with van der Waals surface area (Å²) in [6.45, 7) is 0. The van der Waals surface area contributed by atoms with E-state index in [1.807, 2.05) is 30.5 Å². The zero-order valence-electron chi connectivity index (χ0n) is 13.4. The molecule has 4 rings (SSSR count). The Balaban J connectivity index is 1.40. The molecule has 1 aliphatic heterocycles. The van der Waals surface area contributed by atoms with Crippen molar-refractivity contribution in [3.8, 4) is 16.2 Å². The first-order valence-corrected chi connectivity index (χ1v) is 8.61. The number of carbonyl (C=O) groups is 1. The quantitative estimate of drug-likeness (QED) is 0.755. The molecule has 0 spiro atoms. The van der Waals surface area contributed by atoms with Crippen LogP contribution in [0.2, 0.25) is 0 Å². The zero-order chi connectivity index (χ0) is 17.9. The van der Waals surface area contributed by atoms with Crippen LogP contribution >= 0.6 is 11.3 Å². The van der Waals surface area contributed by atoms with Crippen molar-refractivity contribution < 1.29 is 19.5 Å². The van der Waals surface area contributed by atoms with Gasteiger partial charge in [-0.05, 0) is 30.3 Å². The Morgan fingerprint density at radius 2 is 2.15 bits per heavy atom. The molecule has 7 nitrogen and oxygen atoms in total. The number of carboxylic acid groups (broad SMARTS) is 1. The third-order valence-electron chi connectivity index (χ3n) is 3.72. The van der Waals surface area contributed by atoms with Gasteiger partial charge in [-0.25, -0.2) is 9.78 Å². The lowest BCUT2D eigenvalue weighted by Gasteiger charge is -2.05. The average Bonchev–Trinajstić information content (AvgIpc) is 3.32. The molecule has 3 aromatic rings. The number of hydrogen-bond donors (Lipinski definition) is 1. The lowest BCUT2D eigenvalue weighted by atomic mass is 10.2. The number of aromatic carboxylic acids is 1. The van der Waals surface area contributed by atoms with Gasteiger partial charge >= 0.3 is 5.97 Å². The minimum Gasteiger partial charge on any atom is -0.477 e. The highest BCUT2D eigenvalue weighted by Crippen LogP contribution is 2.36. The van der Waals surface area contributed by atoms with Crippen LogP contribution in [-0.4, -0.2) is 26.9 Å². The number of nitrogens with zero attached hydrogens (tertiary/aromatic N) is 3. The van der Waals surface area contributed by atoms with E-state index >= 15 is 0 Å². The molecule has 8 heteroatoms. The second-order valence-electron chi connectivity index (χ2n) is 5.51. The summed E-state index contributed by atoms with van der Waals surface area (Å²) in [6, 6.07) is 10.9. The summed E-state index contributed by atoms with van der Waals surface area (Å²) in [7, 11) is 0. The fraction of sp³-hybridized carbons (Fsp3) is 0.111. The molecule has 0 saturated heterocycles. The molecule has 0 radical (unpaired) electrons. The number of ether oxygens (including phenoxy) is 1. The van der Waals surface area contributed by atoms with E-state index in [4.69, 9.17) is 14.7 Å². The van der Waals surface area contributed by atoms with E-state index in [1.165, 1.54) is 18.3 Å². The molecule has 0 unspecified atom stereocenters. The normalized spacial score (nSPS) is 16.0. The van der Waals surface area contributed by atoms with Gasteiger partial charge in [-0.1, -0.05) is 11.2 Å². The van der Waals surface area contributed by atoms with Crippen LogP contribution in [0.5, 0.6) is 5.75 Å². The van der Waals surface area contributed by atoms with Crippen molar-refractivity contribution in [3.63, 3.8) is 0 Å². The molecule has 0 saturated carbocycles. The molecule has 1 aliphatic rings. The maximum absolute atomic E-state index is 10.8. The molecule has 130 valence electrons. The van der Waals surface area contributed by atoms with Gasteiger partial charge in [0.2, 0.25) is 5.90 Å². The van der Waals surface area contributed by atoms with Crippen LogP contribution in [0.1, 0.15) is 27.9 Å². The Morgan fingerprint density at radius 3 is 2.88 bits per heavy atom. The van der Waals surface area contributed by atoms with Gasteiger partial charge < -0.3 is 14.7 Å². The number of pyridine rings is 2. The number of carboxylic acids is 1. The molecule has 0 aromatic carbocycles. The zero-order valence-corrected chi connectivity index (χ0v) is 14.2. The number of aromatic nitrogens is 2. The van der Waals surface area contributed by atoms with Crippen LogP contribution in [0.4, 0.5) is 0 Å². The summed E-state index contributed by atoms with van der Waals surface area (Å²) < 4.78 is 5.62. The first-order chi connectivity index (χ1) is 12.7. The van der Waals surface area contributed by atoms with Crippen LogP contribution in [0.15, 0.2) is 60.1 Å². The monoisotopic (exact) mass is 367 g/mol. The van der Waals surface area contributed by atoms with Crippen LogP contribution in [0.3, 0.4) is 0 Å². The van der Waals surface area contributed by atoms with E-state index < -0.39 is 5.97 Å². The molecular formula is C18H13N3O4S. The standard InChI is InChI=1S/C18H13N3O4S/c22-18(23)13-4-3-12(10-20-13)24-17-8-14(25-21-17)16-6-5-15(26-16)11-2-1-7-19-9-11/h1-7,9-10,14H,8H2,(H,22,23)/t14-/m0/s1. The number of rotatable bonds is 4. The third-order valence-corrected chi connectivity index (χ3v) is 4.95. The lowest BCUT2D eigenvalue weighted by molar-refractivity contribution is 0.0690. The van der Waals surface area contributed by atoms with Gasteiger partial charge in [-0.2, -0.15) is 0 Å². The van der Waals surface area contributed by atoms with Crippen molar-refractivity contribution in [3.05, 3.63) is 65.6 Å². The van der Waals surface area contributed by atoms with E-state index in [0.29, 0.717) is 18.1 Å². The van der Waals surface area contributed by atoms with Gasteiger partial charge in [0.15, 0.2) is 6.10 Å². The third kappa shape index (κ3) is 3.40. The Hall–Kier alpha value is -3.26. The molecule has 1 atom stereocenters. The van der Waals surface area contributed by atoms with Crippen molar-refractivity contribution in [1.82, 2.24) is 9.97 Å². The SMILES string of the molecule is O=C(O)c1ccc(OC2=NO[C@H](c3ccc(-c4cccnc4)s3)C2)cn1. The summed E-state index contributed by atoms with van der Waals surface area (Å²) in [5.41, 5.74) is 1.02. The van der Waals surface area contributed by atoms with Gasteiger partial charge in [-0.3, -0.25) is 4.98 Å². The van der Waals surface area contributed by atoms with Crippen LogP contribution in [0.25, 0.3) is 10.4 Å². The fourth-order valence-corrected chi connectivity index (χ4v) is 3.48. The summed E-state index contributed by atoms with van der Waals surface area (Å²) in [6.07, 6.45) is 5.21. The number of thiophene rings is 1. The predicted octanol–water partition coefficient (Wildman–Crippen LogP) is 3.76. The summed E-state index contributed by atoms with van der Waals surface area (Å²) in [4.78, 5) is 26.4. The van der Waals surface area contributed by atoms with Crippen LogP contribution in [-0.2, 0) is 4.84 Å². The molecule has 4 heterocycles. The highest BCUT2D eigenvalue weighted by atomic mass is 32.1. The smallest absolute Gasteiger partial charge is 0.354 e. The van der Waals surface area contributed by atoms with Crippen molar-refractivity contribution in [2.45, 2.75) is 12.5 Å². The number of oxime groups is 1. The van der Waals surface area contributed by atoms with Crippen LogP contribution < -0.4 is 4.74 Å². The minimum atomic E-state index is -1.08. The number of hydrogen-bond acceptors (Lipinski definition) is 7. The maximum Gasteiger partial charge on any atom is 0.354 e. The average molecular weight is 367 g/mol. The van der Waals surface area contributed by atoms with E-state index in [0.717, 1.165) is 15.3 Å². The predicted molar refractivity (Wildman–Crippen MR) is 95.3 cm³/mol. The van der Waals surface area contributed by atoms with E-state index in [-0.39, 0.29) is 11.8 Å². The summed E-state index contributed by atoms with van der Waals surface area (Å²) in [5.74, 6) is -0.239. The second-order valence-corrected chi connectivity index (χ2v) is 6.63. The minimum absolute atomic E-state index is 0.0404. The van der Waals surface area contributed by atoms with Gasteiger partial charge in [0, 0.05) is 27.7 Å². The Kier molecular flexibility index (Phi) is 4.32. The molecule has 0 aliphatic carbocycles. The van der Waals surface area contributed by atoms with Gasteiger partial charge in [0.25, 0.3) is 0 Å². The van der Waals surface area contributed by atoms with Gasteiger partial charge in [-0.15, -0.1) is 11.3 Å². The Morgan fingerprint density at radius 1 is 1.23 bits per heavy atom. The van der Waals surface area contributed by atoms with E-state index in [9.17, 15) is 4.79 Å². The molecule has 0 fully saturated rings. The Labute approximate surface area is 152 Å². The first-order valence-electron chi connectivity index (χ1n) is 7.79. The molecular weight excluding hydrogens is 354 g/mol. The summed E-state index contributed by atoms with van der Waals surface area (Å²) >= 11 is 1.63. The van der Waals surface area contributed by atoms with E-state index in [2.05, 4.69) is 15.1 Å². The summed E-state index contributed by atoms with van der Waals surface area (Å²) in [5, 5.41) is 12.8. The van der Waals surface area contributed by atoms with Gasteiger partial charge in [0.1, 0.15) is 11.4 Å². The molecule has 26 heavy (non-hydrogen) atoms. The van der Waals surface area contributed by atoms with Crippen molar-refractivity contribution in [1.29, 1.82) is 0 Å². The highest BCUT2D eigenvalue weighted by Gasteiger charge is 2.26. The molecule has 1 N–H and O–H groups in total. The van der Waals surface area contributed by atoms with Crippen LogP contribution in [0, 0.1) is 0 Å². The van der Waals surface area contributed by atoms with Crippen molar-refractivity contribution >= 4 is 23.2 Å². The van der Waals surface area contributed by atoms with Crippen molar-refractivity contribution in [2.75, 3.05) is 0 Å². The topological polar surface area (TPSA) is 93.9 Å². The molecule has 0 amide bonds. The molecule has 0 bridgehead atoms. The largest absolute Gasteiger partial charge is 0.477 e. The highest BCUT2D eigenvalue weighted by molar-refractivity contribution is 7.15.